The van der Waals surface area contributed by atoms with E-state index >= 15 is 0 Å². The van der Waals surface area contributed by atoms with E-state index in [1.807, 2.05) is 22.9 Å². The van der Waals surface area contributed by atoms with Gasteiger partial charge in [-0.1, -0.05) is 5.16 Å². The van der Waals surface area contributed by atoms with Gasteiger partial charge in [0.25, 0.3) is 0 Å². The average Bonchev–Trinajstić information content (AvgIpc) is 3.46. The first-order chi connectivity index (χ1) is 14.7. The Morgan fingerprint density at radius 1 is 1.17 bits per heavy atom. The number of aromatic nitrogens is 8. The summed E-state index contributed by atoms with van der Waals surface area (Å²) in [6.07, 6.45) is 5.08. The van der Waals surface area contributed by atoms with E-state index in [1.165, 1.54) is 6.33 Å². The Morgan fingerprint density at radius 2 is 2.07 bits per heavy atom. The molecule has 0 saturated heterocycles. The summed E-state index contributed by atoms with van der Waals surface area (Å²) >= 11 is 0. The fourth-order valence-corrected chi connectivity index (χ4v) is 3.46. The molecule has 0 amide bonds. The van der Waals surface area contributed by atoms with Crippen molar-refractivity contribution in [3.63, 3.8) is 0 Å². The minimum Gasteiger partial charge on any atom is -0.479 e. The van der Waals surface area contributed by atoms with Gasteiger partial charge < -0.3 is 18.6 Å². The van der Waals surface area contributed by atoms with Crippen LogP contribution in [0, 0.1) is 6.92 Å². The molecule has 11 heteroatoms. The topological polar surface area (TPSA) is 118 Å². The molecule has 30 heavy (non-hydrogen) atoms. The number of nitrogens with zero attached hydrogens (tertiary/aromatic N) is 8. The summed E-state index contributed by atoms with van der Waals surface area (Å²) in [5.74, 6) is 2.27. The number of hydrogen-bond acceptors (Lipinski definition) is 9. The Hall–Kier alpha value is -3.86. The molecule has 5 rings (SSSR count). The summed E-state index contributed by atoms with van der Waals surface area (Å²) in [7, 11) is 3.21. The molecule has 5 heterocycles. The first-order valence-electron chi connectivity index (χ1n) is 9.18. The Kier molecular flexibility index (Phi) is 4.36. The summed E-state index contributed by atoms with van der Waals surface area (Å²) in [5.41, 5.74) is 3.97. The molecule has 0 aliphatic carbocycles. The van der Waals surface area contributed by atoms with E-state index in [-0.39, 0.29) is 0 Å². The number of methoxy groups -OCH3 is 2. The second-order valence-corrected chi connectivity index (χ2v) is 6.64. The van der Waals surface area contributed by atoms with Gasteiger partial charge in [-0.2, -0.15) is 15.1 Å². The van der Waals surface area contributed by atoms with Crippen LogP contribution in [0.4, 0.5) is 0 Å². The summed E-state index contributed by atoms with van der Waals surface area (Å²) in [5, 5.41) is 8.11. The van der Waals surface area contributed by atoms with Gasteiger partial charge in [-0.25, -0.2) is 14.5 Å². The number of aryl methyl sites for hydroxylation is 1. The van der Waals surface area contributed by atoms with E-state index in [4.69, 9.17) is 14.0 Å². The van der Waals surface area contributed by atoms with Gasteiger partial charge in [-0.05, 0) is 19.1 Å². The average molecular weight is 406 g/mol. The first kappa shape index (κ1) is 18.2. The van der Waals surface area contributed by atoms with Crippen LogP contribution in [-0.4, -0.2) is 53.5 Å². The van der Waals surface area contributed by atoms with Gasteiger partial charge in [0.1, 0.15) is 30.8 Å². The zero-order valence-corrected chi connectivity index (χ0v) is 16.6. The SMILES string of the molecule is COCc1nc2ncc(-c3ccn4ncnc(OC)c34)cc2n1Cc1nc(C)no1. The van der Waals surface area contributed by atoms with Crippen molar-refractivity contribution in [2.75, 3.05) is 14.2 Å². The van der Waals surface area contributed by atoms with Gasteiger partial charge in [0.05, 0.1) is 12.6 Å². The van der Waals surface area contributed by atoms with Crippen molar-refractivity contribution in [3.8, 4) is 17.0 Å². The van der Waals surface area contributed by atoms with E-state index in [0.717, 1.165) is 28.0 Å². The molecule has 0 bridgehead atoms. The normalized spacial score (nSPS) is 11.6. The fourth-order valence-electron chi connectivity index (χ4n) is 3.46. The Morgan fingerprint density at radius 3 is 2.83 bits per heavy atom. The minimum absolute atomic E-state index is 0.329. The lowest BCUT2D eigenvalue weighted by Gasteiger charge is -2.07. The van der Waals surface area contributed by atoms with Crippen LogP contribution in [0.5, 0.6) is 5.88 Å². The molecular formula is C19H18N8O3. The molecule has 0 aliphatic heterocycles. The van der Waals surface area contributed by atoms with Crippen LogP contribution in [0.2, 0.25) is 0 Å². The Bertz CT molecular complexity index is 1350. The second kappa shape index (κ2) is 7.19. The van der Waals surface area contributed by atoms with E-state index in [0.29, 0.717) is 36.4 Å². The van der Waals surface area contributed by atoms with E-state index < -0.39 is 0 Å². The number of pyridine rings is 1. The first-order valence-corrected chi connectivity index (χ1v) is 9.18. The van der Waals surface area contributed by atoms with Crippen LogP contribution in [-0.2, 0) is 17.9 Å². The largest absolute Gasteiger partial charge is 0.479 e. The summed E-state index contributed by atoms with van der Waals surface area (Å²) in [6.45, 7) is 2.47. The summed E-state index contributed by atoms with van der Waals surface area (Å²) in [6, 6.07) is 3.97. The van der Waals surface area contributed by atoms with E-state index in [1.54, 1.807) is 31.9 Å². The summed E-state index contributed by atoms with van der Waals surface area (Å²) < 4.78 is 19.7. The third-order valence-electron chi connectivity index (χ3n) is 4.75. The lowest BCUT2D eigenvalue weighted by atomic mass is 10.1. The van der Waals surface area contributed by atoms with E-state index in [2.05, 4.69) is 30.2 Å². The third-order valence-corrected chi connectivity index (χ3v) is 4.75. The number of fused-ring (bicyclic) bond motifs is 2. The van der Waals surface area contributed by atoms with Crippen molar-refractivity contribution < 1.29 is 14.0 Å². The van der Waals surface area contributed by atoms with Crippen LogP contribution >= 0.6 is 0 Å². The van der Waals surface area contributed by atoms with Gasteiger partial charge in [-0.15, -0.1) is 0 Å². The fraction of sp³-hybridized carbons (Fsp3) is 0.263. The van der Waals surface area contributed by atoms with Crippen LogP contribution in [0.15, 0.2) is 35.4 Å². The number of ether oxygens (including phenoxy) is 2. The highest BCUT2D eigenvalue weighted by Crippen LogP contribution is 2.31. The minimum atomic E-state index is 0.329. The molecule has 0 aromatic carbocycles. The maximum atomic E-state index is 5.42. The monoisotopic (exact) mass is 406 g/mol. The molecule has 0 aliphatic rings. The smallest absolute Gasteiger partial charge is 0.246 e. The molecule has 152 valence electrons. The molecule has 0 fully saturated rings. The maximum absolute atomic E-state index is 5.42. The highest BCUT2D eigenvalue weighted by molar-refractivity contribution is 5.87. The molecule has 0 radical (unpaired) electrons. The predicted octanol–water partition coefficient (Wildman–Crippen LogP) is 2.04. The highest BCUT2D eigenvalue weighted by Gasteiger charge is 2.18. The van der Waals surface area contributed by atoms with Crippen molar-refractivity contribution in [1.82, 2.24) is 39.3 Å². The standard InChI is InChI=1S/C19H18N8O3/c1-11-23-16(30-25-11)8-26-14-6-12(7-20-18(14)24-15(26)9-28-2)13-4-5-27-17(13)19(29-3)21-10-22-27/h4-7,10H,8-9H2,1-3H3. The van der Waals surface area contributed by atoms with Gasteiger partial charge in [0.2, 0.25) is 11.8 Å². The molecule has 11 nitrogen and oxygen atoms in total. The molecule has 0 atom stereocenters. The molecule has 0 spiro atoms. The van der Waals surface area contributed by atoms with Gasteiger partial charge in [0, 0.05) is 30.6 Å². The second-order valence-electron chi connectivity index (χ2n) is 6.64. The predicted molar refractivity (Wildman–Crippen MR) is 105 cm³/mol. The van der Waals surface area contributed by atoms with Crippen molar-refractivity contribution in [3.05, 3.63) is 48.4 Å². The third kappa shape index (κ3) is 2.95. The quantitative estimate of drug-likeness (QED) is 0.417. The Labute approximate surface area is 170 Å². The van der Waals surface area contributed by atoms with Gasteiger partial charge >= 0.3 is 0 Å². The van der Waals surface area contributed by atoms with Crippen molar-refractivity contribution in [1.29, 1.82) is 0 Å². The molecule has 5 aromatic rings. The molecule has 0 unspecified atom stereocenters. The van der Waals surface area contributed by atoms with Crippen molar-refractivity contribution in [2.24, 2.45) is 0 Å². The zero-order chi connectivity index (χ0) is 20.7. The van der Waals surface area contributed by atoms with E-state index in [9.17, 15) is 0 Å². The van der Waals surface area contributed by atoms with Crippen LogP contribution in [0.3, 0.4) is 0 Å². The summed E-state index contributed by atoms with van der Waals surface area (Å²) in [4.78, 5) is 17.7. The molecule has 5 aromatic heterocycles. The number of rotatable bonds is 6. The van der Waals surface area contributed by atoms with Crippen molar-refractivity contribution in [2.45, 2.75) is 20.1 Å². The lowest BCUT2D eigenvalue weighted by molar-refractivity contribution is 0.174. The molecule has 0 saturated carbocycles. The van der Waals surface area contributed by atoms with Crippen LogP contribution in [0.1, 0.15) is 17.5 Å². The van der Waals surface area contributed by atoms with Crippen molar-refractivity contribution >= 4 is 16.7 Å². The highest BCUT2D eigenvalue weighted by atomic mass is 16.5. The van der Waals surface area contributed by atoms with Crippen LogP contribution < -0.4 is 4.74 Å². The molecule has 0 N–H and O–H groups in total. The number of hydrogen-bond donors (Lipinski definition) is 0. The van der Waals surface area contributed by atoms with Gasteiger partial charge in [0.15, 0.2) is 11.5 Å². The number of imidazole rings is 1. The van der Waals surface area contributed by atoms with Gasteiger partial charge in [-0.3, -0.25) is 0 Å². The molecular weight excluding hydrogens is 388 g/mol. The Balaban J connectivity index is 1.68. The lowest BCUT2D eigenvalue weighted by Crippen LogP contribution is -2.06. The van der Waals surface area contributed by atoms with Crippen LogP contribution in [0.25, 0.3) is 27.8 Å². The maximum Gasteiger partial charge on any atom is 0.246 e. The zero-order valence-electron chi connectivity index (χ0n) is 16.6.